The number of nitrogens with two attached hydrogens (primary N) is 1. The number of ether oxygens (including phenoxy) is 1. The van der Waals surface area contributed by atoms with Crippen LogP contribution in [-0.4, -0.2) is 36.3 Å². The summed E-state index contributed by atoms with van der Waals surface area (Å²) in [6, 6.07) is 9.44. The fourth-order valence-corrected chi connectivity index (χ4v) is 2.97. The maximum Gasteiger partial charge on any atom is 0.261 e. The number of nitrogens with zero attached hydrogens (tertiary/aromatic N) is 1. The van der Waals surface area contributed by atoms with E-state index in [0.29, 0.717) is 34.8 Å². The van der Waals surface area contributed by atoms with Crippen molar-refractivity contribution in [2.24, 2.45) is 0 Å². The zero-order valence-corrected chi connectivity index (χ0v) is 15.2. The number of nitrogen functional groups attached to an aromatic ring is 1. The molecule has 1 aliphatic rings. The van der Waals surface area contributed by atoms with E-state index in [1.54, 1.807) is 18.2 Å². The van der Waals surface area contributed by atoms with Crippen LogP contribution in [0.3, 0.4) is 0 Å². The van der Waals surface area contributed by atoms with Crippen LogP contribution in [-0.2, 0) is 0 Å². The number of benzene rings is 2. The monoisotopic (exact) mass is 367 g/mol. The van der Waals surface area contributed by atoms with E-state index in [-0.39, 0.29) is 17.4 Å². The second-order valence-corrected chi connectivity index (χ2v) is 6.29. The number of anilines is 2. The first kappa shape index (κ1) is 18.4. The Kier molecular flexibility index (Phi) is 5.12. The standard InChI is InChI=1S/C20H21N3O4/c1-3-4-9-23-19(25)14-7-5-12(10-15(14)20(23)26)18(24)22-13-6-8-17(27-2)16(21)11-13/h5-8,10-11H,3-4,9,21H2,1-2H3,(H,22,24). The molecule has 3 rings (SSSR count). The summed E-state index contributed by atoms with van der Waals surface area (Å²) in [5.74, 6) is -0.540. The van der Waals surface area contributed by atoms with Gasteiger partial charge in [0.1, 0.15) is 5.75 Å². The third-order valence-corrected chi connectivity index (χ3v) is 4.46. The second-order valence-electron chi connectivity index (χ2n) is 6.29. The van der Waals surface area contributed by atoms with Gasteiger partial charge in [0, 0.05) is 17.8 Å². The van der Waals surface area contributed by atoms with Crippen LogP contribution in [0.5, 0.6) is 5.75 Å². The smallest absolute Gasteiger partial charge is 0.261 e. The first-order chi connectivity index (χ1) is 13.0. The van der Waals surface area contributed by atoms with Crippen molar-refractivity contribution in [1.29, 1.82) is 0 Å². The first-order valence-electron chi connectivity index (χ1n) is 8.71. The summed E-state index contributed by atoms with van der Waals surface area (Å²) in [5, 5.41) is 2.73. The SMILES string of the molecule is CCCCN1C(=O)c2ccc(C(=O)Nc3ccc(OC)c(N)c3)cc2C1=O. The third-order valence-electron chi connectivity index (χ3n) is 4.46. The van der Waals surface area contributed by atoms with E-state index in [4.69, 9.17) is 10.5 Å². The fraction of sp³-hybridized carbons (Fsp3) is 0.250. The van der Waals surface area contributed by atoms with Gasteiger partial charge in [-0.1, -0.05) is 13.3 Å². The van der Waals surface area contributed by atoms with Gasteiger partial charge in [0.25, 0.3) is 17.7 Å². The van der Waals surface area contributed by atoms with Crippen LogP contribution in [0.15, 0.2) is 36.4 Å². The minimum atomic E-state index is -0.394. The molecule has 0 radical (unpaired) electrons. The summed E-state index contributed by atoms with van der Waals surface area (Å²) in [6.07, 6.45) is 1.63. The Labute approximate surface area is 157 Å². The van der Waals surface area contributed by atoms with Crippen molar-refractivity contribution in [3.63, 3.8) is 0 Å². The van der Waals surface area contributed by atoms with E-state index in [1.807, 2.05) is 6.92 Å². The van der Waals surface area contributed by atoms with E-state index in [2.05, 4.69) is 5.32 Å². The molecule has 0 atom stereocenters. The van der Waals surface area contributed by atoms with E-state index in [9.17, 15) is 14.4 Å². The minimum Gasteiger partial charge on any atom is -0.495 e. The van der Waals surface area contributed by atoms with Crippen LogP contribution in [0.1, 0.15) is 50.8 Å². The van der Waals surface area contributed by atoms with Crippen LogP contribution in [0.2, 0.25) is 0 Å². The lowest BCUT2D eigenvalue weighted by molar-refractivity contribution is 0.0652. The molecule has 7 heteroatoms. The molecule has 3 amide bonds. The molecule has 7 nitrogen and oxygen atoms in total. The van der Waals surface area contributed by atoms with Crippen molar-refractivity contribution in [1.82, 2.24) is 4.90 Å². The molecule has 0 aromatic heterocycles. The van der Waals surface area contributed by atoms with Gasteiger partial charge in [-0.3, -0.25) is 19.3 Å². The van der Waals surface area contributed by atoms with Crippen molar-refractivity contribution in [2.45, 2.75) is 19.8 Å². The number of methoxy groups -OCH3 is 1. The molecule has 0 bridgehead atoms. The molecule has 2 aromatic rings. The Balaban J connectivity index is 1.81. The molecule has 0 fully saturated rings. The molecule has 0 saturated carbocycles. The molecule has 0 unspecified atom stereocenters. The topological polar surface area (TPSA) is 102 Å². The number of hydrogen-bond acceptors (Lipinski definition) is 5. The van der Waals surface area contributed by atoms with Gasteiger partial charge >= 0.3 is 0 Å². The Hall–Kier alpha value is -3.35. The Morgan fingerprint density at radius 2 is 1.85 bits per heavy atom. The highest BCUT2D eigenvalue weighted by Gasteiger charge is 2.35. The number of unbranched alkanes of at least 4 members (excludes halogenated alkanes) is 1. The number of imide groups is 1. The average Bonchev–Trinajstić information content (AvgIpc) is 2.90. The van der Waals surface area contributed by atoms with Gasteiger partial charge in [0.05, 0.1) is 23.9 Å². The predicted octanol–water partition coefficient (Wildman–Crippen LogP) is 2.93. The van der Waals surface area contributed by atoms with E-state index in [1.165, 1.54) is 30.2 Å². The number of nitrogens with one attached hydrogen (secondary N) is 1. The minimum absolute atomic E-state index is 0.262. The summed E-state index contributed by atoms with van der Waals surface area (Å²) in [7, 11) is 1.51. The lowest BCUT2D eigenvalue weighted by Crippen LogP contribution is -2.30. The number of rotatable bonds is 6. The zero-order valence-electron chi connectivity index (χ0n) is 15.2. The van der Waals surface area contributed by atoms with Crippen molar-refractivity contribution < 1.29 is 19.1 Å². The second kappa shape index (κ2) is 7.49. The molecule has 0 spiro atoms. The summed E-state index contributed by atoms with van der Waals surface area (Å²) >= 11 is 0. The van der Waals surface area contributed by atoms with E-state index >= 15 is 0 Å². The van der Waals surface area contributed by atoms with Crippen LogP contribution < -0.4 is 15.8 Å². The van der Waals surface area contributed by atoms with Crippen molar-refractivity contribution in [3.05, 3.63) is 53.1 Å². The lowest BCUT2D eigenvalue weighted by Gasteiger charge is -2.12. The fourth-order valence-electron chi connectivity index (χ4n) is 2.97. The van der Waals surface area contributed by atoms with Crippen molar-refractivity contribution in [3.8, 4) is 5.75 Å². The van der Waals surface area contributed by atoms with Gasteiger partial charge in [-0.25, -0.2) is 0 Å². The molecular formula is C20H21N3O4. The summed E-state index contributed by atoms with van der Waals surface area (Å²) in [5.41, 5.74) is 7.64. The molecule has 1 heterocycles. The molecule has 2 aromatic carbocycles. The van der Waals surface area contributed by atoms with Crippen LogP contribution in [0.25, 0.3) is 0 Å². The molecule has 27 heavy (non-hydrogen) atoms. The normalized spacial score (nSPS) is 12.9. The molecule has 0 aliphatic carbocycles. The number of hydrogen-bond donors (Lipinski definition) is 2. The van der Waals surface area contributed by atoms with Gasteiger partial charge in [-0.05, 0) is 42.8 Å². The van der Waals surface area contributed by atoms with Gasteiger partial charge in [0.15, 0.2) is 0 Å². The Morgan fingerprint density at radius 3 is 2.52 bits per heavy atom. The molecule has 1 aliphatic heterocycles. The Morgan fingerprint density at radius 1 is 1.11 bits per heavy atom. The number of fused-ring (bicyclic) bond motifs is 1. The molecule has 140 valence electrons. The third kappa shape index (κ3) is 3.48. The summed E-state index contributed by atoms with van der Waals surface area (Å²) in [6.45, 7) is 2.38. The summed E-state index contributed by atoms with van der Waals surface area (Å²) in [4.78, 5) is 38.6. The van der Waals surface area contributed by atoms with Crippen LogP contribution >= 0.6 is 0 Å². The Bertz CT molecular complexity index is 923. The lowest BCUT2D eigenvalue weighted by atomic mass is 10.1. The van der Waals surface area contributed by atoms with Crippen molar-refractivity contribution >= 4 is 29.1 Å². The summed E-state index contributed by atoms with van der Waals surface area (Å²) < 4.78 is 5.09. The van der Waals surface area contributed by atoms with Gasteiger partial charge < -0.3 is 15.8 Å². The maximum atomic E-state index is 12.5. The molecule has 3 N–H and O–H groups in total. The van der Waals surface area contributed by atoms with Gasteiger partial charge in [-0.2, -0.15) is 0 Å². The van der Waals surface area contributed by atoms with Gasteiger partial charge in [0.2, 0.25) is 0 Å². The highest BCUT2D eigenvalue weighted by atomic mass is 16.5. The van der Waals surface area contributed by atoms with E-state index < -0.39 is 5.91 Å². The van der Waals surface area contributed by atoms with E-state index in [0.717, 1.165) is 12.8 Å². The average molecular weight is 367 g/mol. The highest BCUT2D eigenvalue weighted by Crippen LogP contribution is 2.27. The van der Waals surface area contributed by atoms with Gasteiger partial charge in [-0.15, -0.1) is 0 Å². The molecular weight excluding hydrogens is 346 g/mol. The van der Waals surface area contributed by atoms with Crippen LogP contribution in [0.4, 0.5) is 11.4 Å². The largest absolute Gasteiger partial charge is 0.495 e. The quantitative estimate of drug-likeness (QED) is 0.604. The predicted molar refractivity (Wildman–Crippen MR) is 102 cm³/mol. The number of amides is 3. The molecule has 0 saturated heterocycles. The van der Waals surface area contributed by atoms with Crippen LogP contribution in [0, 0.1) is 0 Å². The first-order valence-corrected chi connectivity index (χ1v) is 8.71. The zero-order chi connectivity index (χ0) is 19.6. The van der Waals surface area contributed by atoms with Crippen molar-refractivity contribution in [2.75, 3.05) is 24.7 Å². The number of carbonyl (C=O) groups is 3. The highest BCUT2D eigenvalue weighted by molar-refractivity contribution is 6.22. The number of carbonyl (C=O) groups excluding carboxylic acids is 3. The maximum absolute atomic E-state index is 12.5.